The summed E-state index contributed by atoms with van der Waals surface area (Å²) in [5, 5.41) is 0. The Morgan fingerprint density at radius 2 is 0.950 bits per heavy atom. The van der Waals surface area contributed by atoms with E-state index in [0.717, 1.165) is 0 Å². The van der Waals surface area contributed by atoms with Crippen molar-refractivity contribution in [3.05, 3.63) is 0 Å². The number of hydrazine groups is 2. The molecule has 0 unspecified atom stereocenters. The Labute approximate surface area is 117 Å². The number of rotatable bonds is 13. The minimum atomic E-state index is -0.392. The van der Waals surface area contributed by atoms with Crippen molar-refractivity contribution >= 4 is 11.8 Å². The second-order valence-electron chi connectivity index (χ2n) is 3.46. The highest BCUT2D eigenvalue weighted by atomic mass is 16.6. The molecule has 2 amide bonds. The average Bonchev–Trinajstić information content (AvgIpc) is 2.47. The van der Waals surface area contributed by atoms with Gasteiger partial charge in [-0.15, -0.1) is 0 Å². The van der Waals surface area contributed by atoms with Crippen LogP contribution in [0.15, 0.2) is 0 Å². The fraction of sp³-hybridized carbons (Fsp3) is 0.800. The van der Waals surface area contributed by atoms with Gasteiger partial charge >= 0.3 is 0 Å². The summed E-state index contributed by atoms with van der Waals surface area (Å²) in [5.41, 5.74) is 3.89. The van der Waals surface area contributed by atoms with Crippen LogP contribution in [-0.4, -0.2) is 64.7 Å². The smallest absolute Gasteiger partial charge is 0.259 e. The molecule has 0 heterocycles. The van der Waals surface area contributed by atoms with Gasteiger partial charge in [-0.2, -0.15) is 0 Å². The third-order valence-electron chi connectivity index (χ3n) is 1.90. The van der Waals surface area contributed by atoms with Crippen LogP contribution in [0.2, 0.25) is 0 Å². The van der Waals surface area contributed by atoms with Crippen LogP contribution < -0.4 is 22.5 Å². The van der Waals surface area contributed by atoms with Crippen molar-refractivity contribution in [1.29, 1.82) is 0 Å². The van der Waals surface area contributed by atoms with Crippen LogP contribution in [0.3, 0.4) is 0 Å². The first kappa shape index (κ1) is 18.7. The zero-order valence-corrected chi connectivity index (χ0v) is 11.3. The highest BCUT2D eigenvalue weighted by molar-refractivity contribution is 5.76. The third-order valence-corrected chi connectivity index (χ3v) is 1.90. The van der Waals surface area contributed by atoms with E-state index in [1.807, 2.05) is 10.9 Å². The van der Waals surface area contributed by atoms with Gasteiger partial charge in [0.25, 0.3) is 11.8 Å². The summed E-state index contributed by atoms with van der Waals surface area (Å²) in [5.74, 6) is 8.94. The summed E-state index contributed by atoms with van der Waals surface area (Å²) in [4.78, 5) is 21.3. The lowest BCUT2D eigenvalue weighted by Gasteiger charge is -2.07. The van der Waals surface area contributed by atoms with Crippen molar-refractivity contribution in [2.45, 2.75) is 0 Å². The van der Waals surface area contributed by atoms with Crippen molar-refractivity contribution < 1.29 is 28.5 Å². The summed E-state index contributed by atoms with van der Waals surface area (Å²) < 4.78 is 20.3. The topological polar surface area (TPSA) is 147 Å². The Kier molecular flexibility index (Phi) is 13.2. The first-order valence-electron chi connectivity index (χ1n) is 6.00. The fourth-order valence-electron chi connectivity index (χ4n) is 0.971. The average molecular weight is 294 g/mol. The van der Waals surface area contributed by atoms with Crippen LogP contribution in [0.4, 0.5) is 0 Å². The molecule has 6 N–H and O–H groups in total. The van der Waals surface area contributed by atoms with E-state index < -0.39 is 11.8 Å². The zero-order valence-electron chi connectivity index (χ0n) is 11.3. The van der Waals surface area contributed by atoms with Crippen molar-refractivity contribution in [3.63, 3.8) is 0 Å². The molecule has 0 aliphatic carbocycles. The number of hydrogen-bond donors (Lipinski definition) is 4. The Hall–Kier alpha value is -1.30. The van der Waals surface area contributed by atoms with Gasteiger partial charge in [0.15, 0.2) is 0 Å². The van der Waals surface area contributed by atoms with Crippen molar-refractivity contribution in [2.24, 2.45) is 11.7 Å². The molecule has 0 aromatic carbocycles. The molecule has 0 aromatic rings. The molecule has 0 aliphatic heterocycles. The van der Waals surface area contributed by atoms with Crippen molar-refractivity contribution in [1.82, 2.24) is 10.9 Å². The molecule has 0 atom stereocenters. The number of hydrogen-bond acceptors (Lipinski definition) is 8. The molecule has 0 aliphatic rings. The number of amides is 2. The van der Waals surface area contributed by atoms with Gasteiger partial charge in [-0.25, -0.2) is 11.7 Å². The second kappa shape index (κ2) is 14.1. The number of carbonyl (C=O) groups is 2. The molecule has 10 nitrogen and oxygen atoms in total. The van der Waals surface area contributed by atoms with Crippen LogP contribution in [-0.2, 0) is 28.5 Å². The molecule has 0 saturated carbocycles. The Bertz CT molecular complexity index is 240. The second-order valence-corrected chi connectivity index (χ2v) is 3.46. The lowest BCUT2D eigenvalue weighted by Crippen LogP contribution is -2.33. The predicted molar refractivity (Wildman–Crippen MR) is 67.9 cm³/mol. The van der Waals surface area contributed by atoms with Crippen LogP contribution in [0.1, 0.15) is 0 Å². The molecule has 118 valence electrons. The number of ether oxygens (including phenoxy) is 4. The molecular formula is C10H22N4O6. The maximum absolute atomic E-state index is 10.7. The van der Waals surface area contributed by atoms with E-state index in [-0.39, 0.29) is 13.2 Å². The van der Waals surface area contributed by atoms with Gasteiger partial charge in [0, 0.05) is 0 Å². The zero-order chi connectivity index (χ0) is 15.1. The summed E-state index contributed by atoms with van der Waals surface area (Å²) in [6.07, 6.45) is 0. The normalized spacial score (nSPS) is 10.3. The molecule has 10 heteroatoms. The summed E-state index contributed by atoms with van der Waals surface area (Å²) in [7, 11) is 0. The first-order valence-corrected chi connectivity index (χ1v) is 6.00. The van der Waals surface area contributed by atoms with Gasteiger partial charge in [-0.3, -0.25) is 20.4 Å². The van der Waals surface area contributed by atoms with Gasteiger partial charge in [-0.05, 0) is 0 Å². The van der Waals surface area contributed by atoms with E-state index >= 15 is 0 Å². The summed E-state index contributed by atoms with van der Waals surface area (Å²) in [6.45, 7) is 1.91. The monoisotopic (exact) mass is 294 g/mol. The minimum Gasteiger partial charge on any atom is -0.377 e. The minimum absolute atomic E-state index is 0.0932. The van der Waals surface area contributed by atoms with E-state index in [9.17, 15) is 9.59 Å². The molecule has 0 aromatic heterocycles. The van der Waals surface area contributed by atoms with E-state index in [4.69, 9.17) is 30.6 Å². The predicted octanol–water partition coefficient (Wildman–Crippen LogP) is -2.97. The Balaban J connectivity index is 3.06. The molecule has 0 rings (SSSR count). The van der Waals surface area contributed by atoms with Crippen LogP contribution >= 0.6 is 0 Å². The van der Waals surface area contributed by atoms with Crippen molar-refractivity contribution in [3.8, 4) is 0 Å². The SMILES string of the molecule is NNC(=O)COCCOCCOCCOCC(=O)NN. The molecule has 0 bridgehead atoms. The van der Waals surface area contributed by atoms with E-state index in [1.54, 1.807) is 0 Å². The standard InChI is InChI=1S/C10H22N4O6/c11-13-9(15)7-19-5-3-17-1-2-18-4-6-20-8-10(16)14-12/h1-8,11-12H2,(H,13,15)(H,14,16). The quantitative estimate of drug-likeness (QED) is 0.122. The molecular weight excluding hydrogens is 272 g/mol. The largest absolute Gasteiger partial charge is 0.377 e. The first-order chi connectivity index (χ1) is 9.70. The van der Waals surface area contributed by atoms with Gasteiger partial charge in [0.05, 0.1) is 39.6 Å². The maximum Gasteiger partial charge on any atom is 0.259 e. The lowest BCUT2D eigenvalue weighted by atomic mass is 10.6. The van der Waals surface area contributed by atoms with Gasteiger partial charge in [0.1, 0.15) is 13.2 Å². The highest BCUT2D eigenvalue weighted by Crippen LogP contribution is 1.82. The van der Waals surface area contributed by atoms with Crippen LogP contribution in [0.25, 0.3) is 0 Å². The Morgan fingerprint density at radius 1 is 0.650 bits per heavy atom. The third kappa shape index (κ3) is 13.1. The van der Waals surface area contributed by atoms with Crippen LogP contribution in [0.5, 0.6) is 0 Å². The van der Waals surface area contributed by atoms with E-state index in [0.29, 0.717) is 39.6 Å². The van der Waals surface area contributed by atoms with Gasteiger partial charge in [0.2, 0.25) is 0 Å². The van der Waals surface area contributed by atoms with E-state index in [1.165, 1.54) is 0 Å². The highest BCUT2D eigenvalue weighted by Gasteiger charge is 1.98. The van der Waals surface area contributed by atoms with Gasteiger partial charge < -0.3 is 18.9 Å². The van der Waals surface area contributed by atoms with Gasteiger partial charge in [-0.1, -0.05) is 0 Å². The fourth-order valence-corrected chi connectivity index (χ4v) is 0.971. The molecule has 0 saturated heterocycles. The number of carbonyl (C=O) groups excluding carboxylic acids is 2. The summed E-state index contributed by atoms with van der Waals surface area (Å²) in [6, 6.07) is 0. The van der Waals surface area contributed by atoms with Crippen LogP contribution in [0, 0.1) is 0 Å². The number of nitrogens with two attached hydrogens (primary N) is 2. The maximum atomic E-state index is 10.7. The van der Waals surface area contributed by atoms with E-state index in [2.05, 4.69) is 0 Å². The number of nitrogens with one attached hydrogen (secondary N) is 2. The molecule has 0 spiro atoms. The molecule has 0 fully saturated rings. The van der Waals surface area contributed by atoms with Crippen molar-refractivity contribution in [2.75, 3.05) is 52.9 Å². The summed E-state index contributed by atoms with van der Waals surface area (Å²) >= 11 is 0. The lowest BCUT2D eigenvalue weighted by molar-refractivity contribution is -0.127. The molecule has 20 heavy (non-hydrogen) atoms. The Morgan fingerprint density at radius 3 is 1.25 bits per heavy atom. The molecule has 0 radical (unpaired) electrons.